The molecule has 0 saturated carbocycles. The summed E-state index contributed by atoms with van der Waals surface area (Å²) < 4.78 is 0. The molecule has 2 nitrogen and oxygen atoms in total. The van der Waals surface area contributed by atoms with Gasteiger partial charge in [0, 0.05) is 23.8 Å². The van der Waals surface area contributed by atoms with Gasteiger partial charge in [0.15, 0.2) is 0 Å². The summed E-state index contributed by atoms with van der Waals surface area (Å²) >= 11 is 1.86. The van der Waals surface area contributed by atoms with Gasteiger partial charge in [-0.2, -0.15) is 0 Å². The van der Waals surface area contributed by atoms with Crippen LogP contribution in [0.15, 0.2) is 23.4 Å². The summed E-state index contributed by atoms with van der Waals surface area (Å²) in [5.74, 6) is 1.10. The normalized spacial score (nSPS) is 21.3. The predicted molar refractivity (Wildman–Crippen MR) is 74.5 cm³/mol. The Labute approximate surface area is 109 Å². The second-order valence-corrected chi connectivity index (χ2v) is 6.07. The van der Waals surface area contributed by atoms with E-state index in [1.165, 1.54) is 30.0 Å². The van der Waals surface area contributed by atoms with Crippen molar-refractivity contribution in [1.29, 1.82) is 0 Å². The van der Waals surface area contributed by atoms with E-state index in [1.807, 2.05) is 18.0 Å². The Morgan fingerprint density at radius 3 is 3.06 bits per heavy atom. The molecule has 1 aliphatic heterocycles. The van der Waals surface area contributed by atoms with Crippen LogP contribution in [0.3, 0.4) is 0 Å². The lowest BCUT2D eigenvalue weighted by atomic mass is 10.1. The highest BCUT2D eigenvalue weighted by Gasteiger charge is 2.29. The maximum Gasteiger partial charge on any atom is 0.101 e. The zero-order valence-electron chi connectivity index (χ0n) is 11.0. The van der Waals surface area contributed by atoms with Crippen molar-refractivity contribution in [3.05, 3.63) is 23.9 Å². The number of aromatic nitrogens is 1. The summed E-state index contributed by atoms with van der Waals surface area (Å²) in [6.45, 7) is 8.01. The van der Waals surface area contributed by atoms with E-state index in [0.717, 1.165) is 5.75 Å². The third-order valence-corrected chi connectivity index (χ3v) is 4.30. The van der Waals surface area contributed by atoms with Gasteiger partial charge in [-0.15, -0.1) is 11.8 Å². The van der Waals surface area contributed by atoms with Crippen LogP contribution in [0.2, 0.25) is 0 Å². The molecular formula is C14H22N2S. The van der Waals surface area contributed by atoms with Crippen LogP contribution in [0, 0.1) is 0 Å². The maximum absolute atomic E-state index is 4.54. The summed E-state index contributed by atoms with van der Waals surface area (Å²) in [5.41, 5.74) is 1.44. The topological polar surface area (TPSA) is 16.1 Å². The maximum atomic E-state index is 4.54. The lowest BCUT2D eigenvalue weighted by molar-refractivity contribution is 0.203. The van der Waals surface area contributed by atoms with Gasteiger partial charge in [-0.1, -0.05) is 13.0 Å². The van der Waals surface area contributed by atoms with Gasteiger partial charge in [-0.05, 0) is 45.1 Å². The minimum Gasteiger partial charge on any atom is -0.294 e. The molecule has 0 N–H and O–H groups in total. The zero-order chi connectivity index (χ0) is 12.3. The van der Waals surface area contributed by atoms with Crippen molar-refractivity contribution in [1.82, 2.24) is 9.88 Å². The van der Waals surface area contributed by atoms with Crippen LogP contribution < -0.4 is 0 Å². The first kappa shape index (κ1) is 12.9. The molecule has 0 radical (unpaired) electrons. The van der Waals surface area contributed by atoms with Crippen LogP contribution in [-0.2, 0) is 0 Å². The fourth-order valence-electron chi connectivity index (χ4n) is 2.66. The molecule has 3 heteroatoms. The van der Waals surface area contributed by atoms with Crippen molar-refractivity contribution in [2.45, 2.75) is 50.7 Å². The largest absolute Gasteiger partial charge is 0.294 e. The smallest absolute Gasteiger partial charge is 0.101 e. The molecule has 1 fully saturated rings. The molecule has 94 valence electrons. The molecule has 0 unspecified atom stereocenters. The van der Waals surface area contributed by atoms with Crippen molar-refractivity contribution in [3.63, 3.8) is 0 Å². The monoisotopic (exact) mass is 250 g/mol. The van der Waals surface area contributed by atoms with Crippen LogP contribution in [0.1, 0.15) is 45.2 Å². The standard InChI is InChI=1S/C14H22N2S/c1-4-17-14-12(7-5-9-15-14)13-8-6-10-16(13)11(2)3/h5,7,9,11,13H,4,6,8,10H2,1-3H3/t13-/m0/s1. The number of thioether (sulfide) groups is 1. The fourth-order valence-corrected chi connectivity index (χ4v) is 3.43. The second-order valence-electron chi connectivity index (χ2n) is 4.82. The van der Waals surface area contributed by atoms with Crippen LogP contribution in [0.25, 0.3) is 0 Å². The predicted octanol–water partition coefficient (Wildman–Crippen LogP) is 3.74. The molecule has 1 atom stereocenters. The van der Waals surface area contributed by atoms with Gasteiger partial charge in [-0.3, -0.25) is 4.90 Å². The number of pyridine rings is 1. The van der Waals surface area contributed by atoms with E-state index in [2.05, 4.69) is 42.8 Å². The number of hydrogen-bond donors (Lipinski definition) is 0. The first-order chi connectivity index (χ1) is 8.24. The average molecular weight is 250 g/mol. The van der Waals surface area contributed by atoms with Crippen LogP contribution in [0.5, 0.6) is 0 Å². The second kappa shape index (κ2) is 5.87. The summed E-state index contributed by atoms with van der Waals surface area (Å²) in [7, 11) is 0. The van der Waals surface area contributed by atoms with Crippen molar-refractivity contribution in [3.8, 4) is 0 Å². The molecular weight excluding hydrogens is 228 g/mol. The Balaban J connectivity index is 2.26. The van der Waals surface area contributed by atoms with E-state index >= 15 is 0 Å². The summed E-state index contributed by atoms with van der Waals surface area (Å²) in [4.78, 5) is 7.15. The molecule has 0 spiro atoms. The van der Waals surface area contributed by atoms with E-state index in [0.29, 0.717) is 12.1 Å². The highest BCUT2D eigenvalue weighted by molar-refractivity contribution is 7.99. The first-order valence-corrected chi connectivity index (χ1v) is 7.56. The van der Waals surface area contributed by atoms with Crippen LogP contribution in [0.4, 0.5) is 0 Å². The molecule has 2 rings (SSSR count). The van der Waals surface area contributed by atoms with Gasteiger partial charge >= 0.3 is 0 Å². The molecule has 2 heterocycles. The number of likely N-dealkylation sites (tertiary alicyclic amines) is 1. The number of nitrogens with zero attached hydrogens (tertiary/aromatic N) is 2. The van der Waals surface area contributed by atoms with E-state index in [9.17, 15) is 0 Å². The SMILES string of the molecule is CCSc1ncccc1[C@@H]1CCCN1C(C)C. The molecule has 1 aliphatic rings. The molecule has 1 saturated heterocycles. The Kier molecular flexibility index (Phi) is 4.46. The third-order valence-electron chi connectivity index (χ3n) is 3.40. The number of rotatable bonds is 4. The van der Waals surface area contributed by atoms with Crippen LogP contribution >= 0.6 is 11.8 Å². The van der Waals surface area contributed by atoms with Gasteiger partial charge in [-0.25, -0.2) is 4.98 Å². The van der Waals surface area contributed by atoms with Crippen molar-refractivity contribution in [2.75, 3.05) is 12.3 Å². The minimum atomic E-state index is 0.581. The molecule has 0 amide bonds. The van der Waals surface area contributed by atoms with Crippen molar-refractivity contribution >= 4 is 11.8 Å². The van der Waals surface area contributed by atoms with Gasteiger partial charge < -0.3 is 0 Å². The van der Waals surface area contributed by atoms with Gasteiger partial charge in [0.1, 0.15) is 5.03 Å². The van der Waals surface area contributed by atoms with E-state index < -0.39 is 0 Å². The Morgan fingerprint density at radius 2 is 2.35 bits per heavy atom. The van der Waals surface area contributed by atoms with E-state index in [4.69, 9.17) is 0 Å². The average Bonchev–Trinajstić information content (AvgIpc) is 2.79. The molecule has 0 aromatic carbocycles. The Bertz CT molecular complexity index is 365. The van der Waals surface area contributed by atoms with Crippen molar-refractivity contribution < 1.29 is 0 Å². The zero-order valence-corrected chi connectivity index (χ0v) is 11.8. The molecule has 1 aromatic rings. The summed E-state index contributed by atoms with van der Waals surface area (Å²) in [5, 5.41) is 1.23. The Morgan fingerprint density at radius 1 is 1.53 bits per heavy atom. The van der Waals surface area contributed by atoms with E-state index in [-0.39, 0.29) is 0 Å². The quantitative estimate of drug-likeness (QED) is 0.757. The van der Waals surface area contributed by atoms with Crippen molar-refractivity contribution in [2.24, 2.45) is 0 Å². The van der Waals surface area contributed by atoms with Gasteiger partial charge in [0.2, 0.25) is 0 Å². The van der Waals surface area contributed by atoms with E-state index in [1.54, 1.807) is 0 Å². The highest BCUT2D eigenvalue weighted by Crippen LogP contribution is 2.37. The lowest BCUT2D eigenvalue weighted by Gasteiger charge is -2.29. The third kappa shape index (κ3) is 2.83. The highest BCUT2D eigenvalue weighted by atomic mass is 32.2. The molecule has 0 bridgehead atoms. The minimum absolute atomic E-state index is 0.581. The molecule has 0 aliphatic carbocycles. The fraction of sp³-hybridized carbons (Fsp3) is 0.643. The number of hydrogen-bond acceptors (Lipinski definition) is 3. The van der Waals surface area contributed by atoms with Gasteiger partial charge in [0.05, 0.1) is 0 Å². The molecule has 1 aromatic heterocycles. The Hall–Kier alpha value is -0.540. The van der Waals surface area contributed by atoms with Crippen LogP contribution in [-0.4, -0.2) is 28.2 Å². The summed E-state index contributed by atoms with van der Waals surface area (Å²) in [6.07, 6.45) is 4.51. The molecule has 17 heavy (non-hydrogen) atoms. The first-order valence-electron chi connectivity index (χ1n) is 6.57. The summed E-state index contributed by atoms with van der Waals surface area (Å²) in [6, 6.07) is 5.54. The lowest BCUT2D eigenvalue weighted by Crippen LogP contribution is -2.30. The van der Waals surface area contributed by atoms with Gasteiger partial charge in [0.25, 0.3) is 0 Å².